The number of rotatable bonds is 6. The van der Waals surface area contributed by atoms with Gasteiger partial charge in [-0.15, -0.1) is 0 Å². The molecule has 4 atom stereocenters. The molecule has 0 spiro atoms. The molecule has 5 nitrogen and oxygen atoms in total. The van der Waals surface area contributed by atoms with Crippen LogP contribution in [0.3, 0.4) is 0 Å². The van der Waals surface area contributed by atoms with Crippen molar-refractivity contribution in [3.8, 4) is 5.75 Å². The van der Waals surface area contributed by atoms with Gasteiger partial charge in [0.1, 0.15) is 11.8 Å². The molecule has 2 aromatic carbocycles. The van der Waals surface area contributed by atoms with Crippen LogP contribution in [-0.4, -0.2) is 30.1 Å². The summed E-state index contributed by atoms with van der Waals surface area (Å²) in [4.78, 5) is 26.5. The van der Waals surface area contributed by atoms with Crippen molar-refractivity contribution >= 4 is 11.9 Å². The highest BCUT2D eigenvalue weighted by atomic mass is 16.5. The highest BCUT2D eigenvalue weighted by molar-refractivity contribution is 5.88. The number of hydrogen-bond acceptors (Lipinski definition) is 4. The van der Waals surface area contributed by atoms with Gasteiger partial charge in [0.25, 0.3) is 0 Å². The van der Waals surface area contributed by atoms with E-state index in [1.165, 1.54) is 23.8 Å². The molecule has 1 amide bonds. The van der Waals surface area contributed by atoms with Crippen LogP contribution in [-0.2, 0) is 32.6 Å². The number of phenols is 1. The molecule has 4 rings (SSSR count). The van der Waals surface area contributed by atoms with Gasteiger partial charge in [0.05, 0.1) is 12.5 Å². The number of amides is 1. The van der Waals surface area contributed by atoms with E-state index in [9.17, 15) is 14.7 Å². The number of ether oxygens (including phenoxy) is 1. The van der Waals surface area contributed by atoms with Gasteiger partial charge in [0, 0.05) is 6.42 Å². The van der Waals surface area contributed by atoms with E-state index in [2.05, 4.69) is 51.2 Å². The van der Waals surface area contributed by atoms with Crippen molar-refractivity contribution < 1.29 is 19.4 Å². The summed E-state index contributed by atoms with van der Waals surface area (Å²) in [7, 11) is 1.35. The normalized spacial score (nSPS) is 26.4. The lowest BCUT2D eigenvalue weighted by atomic mass is 9.49. The number of carbonyl (C=O) groups is 2. The molecule has 0 bridgehead atoms. The van der Waals surface area contributed by atoms with Crippen LogP contribution < -0.4 is 5.32 Å². The summed E-state index contributed by atoms with van der Waals surface area (Å²) in [5, 5.41) is 12.6. The smallest absolute Gasteiger partial charge is 0.328 e. The van der Waals surface area contributed by atoms with Crippen LogP contribution in [0.4, 0.5) is 0 Å². The molecule has 2 aliphatic carbocycles. The van der Waals surface area contributed by atoms with Crippen LogP contribution in [0, 0.1) is 11.3 Å². The minimum absolute atomic E-state index is 0.0643. The molecular weight excluding hydrogens is 438 g/mol. The fraction of sp³-hybridized carbons (Fsp3) is 0.533. The van der Waals surface area contributed by atoms with Gasteiger partial charge in [-0.1, -0.05) is 64.4 Å². The van der Waals surface area contributed by atoms with E-state index in [1.54, 1.807) is 24.3 Å². The predicted octanol–water partition coefficient (Wildman–Crippen LogP) is 5.43. The summed E-state index contributed by atoms with van der Waals surface area (Å²) in [6.45, 7) is 8.89. The van der Waals surface area contributed by atoms with Crippen LogP contribution in [0.2, 0.25) is 0 Å². The Morgan fingerprint density at radius 3 is 2.49 bits per heavy atom. The average Bonchev–Trinajstić information content (AvgIpc) is 2.83. The van der Waals surface area contributed by atoms with Gasteiger partial charge >= 0.3 is 5.97 Å². The van der Waals surface area contributed by atoms with E-state index in [0.717, 1.165) is 37.7 Å². The van der Waals surface area contributed by atoms with Gasteiger partial charge in [-0.05, 0) is 77.3 Å². The highest BCUT2D eigenvalue weighted by Gasteiger charge is 2.55. The lowest BCUT2D eigenvalue weighted by molar-refractivity contribution is -0.149. The van der Waals surface area contributed by atoms with Crippen molar-refractivity contribution in [1.29, 1.82) is 0 Å². The number of aromatic hydroxyl groups is 1. The van der Waals surface area contributed by atoms with Crippen molar-refractivity contribution in [2.24, 2.45) is 11.3 Å². The zero-order valence-corrected chi connectivity index (χ0v) is 21.7. The third-order valence-electron chi connectivity index (χ3n) is 8.73. The zero-order valence-electron chi connectivity index (χ0n) is 21.7. The fourth-order valence-electron chi connectivity index (χ4n) is 6.67. The minimum Gasteiger partial charge on any atom is -0.508 e. The summed E-state index contributed by atoms with van der Waals surface area (Å²) in [5.41, 5.74) is 4.42. The molecule has 0 aliphatic heterocycles. The first-order valence-electron chi connectivity index (χ1n) is 12.9. The number of nitrogens with one attached hydrogen (secondary N) is 1. The second-order valence-corrected chi connectivity index (χ2v) is 11.3. The molecule has 0 heterocycles. The number of hydrogen-bond donors (Lipinski definition) is 2. The van der Waals surface area contributed by atoms with Crippen LogP contribution in [0.15, 0.2) is 42.5 Å². The summed E-state index contributed by atoms with van der Waals surface area (Å²) in [6, 6.07) is 12.9. The molecule has 0 radical (unpaired) electrons. The van der Waals surface area contributed by atoms with Gasteiger partial charge in [-0.3, -0.25) is 4.79 Å². The van der Waals surface area contributed by atoms with Gasteiger partial charge < -0.3 is 15.2 Å². The molecule has 2 aliphatic rings. The maximum absolute atomic E-state index is 13.9. The summed E-state index contributed by atoms with van der Waals surface area (Å²) in [5.74, 6) is 0.346. The molecule has 5 heteroatoms. The third kappa shape index (κ3) is 4.70. The molecule has 2 aromatic rings. The Kier molecular flexibility index (Phi) is 6.99. The van der Waals surface area contributed by atoms with Crippen LogP contribution >= 0.6 is 0 Å². The maximum atomic E-state index is 13.9. The second kappa shape index (κ2) is 9.67. The molecule has 1 saturated carbocycles. The van der Waals surface area contributed by atoms with Gasteiger partial charge in [-0.2, -0.15) is 0 Å². The van der Waals surface area contributed by atoms with E-state index in [-0.39, 0.29) is 23.0 Å². The van der Waals surface area contributed by atoms with Gasteiger partial charge in [0.2, 0.25) is 5.91 Å². The number of phenolic OH excluding ortho intramolecular Hbond substituents is 1. The van der Waals surface area contributed by atoms with Crippen molar-refractivity contribution in [3.63, 3.8) is 0 Å². The molecule has 2 N–H and O–H groups in total. The number of fused-ring (bicyclic) bond motifs is 3. The summed E-state index contributed by atoms with van der Waals surface area (Å²) in [6.07, 6.45) is 5.12. The Morgan fingerprint density at radius 1 is 1.11 bits per heavy atom. The van der Waals surface area contributed by atoms with Crippen LogP contribution in [0.5, 0.6) is 5.75 Å². The Bertz CT molecular complexity index is 1090. The number of aryl methyl sites for hydroxylation is 1. The Morgan fingerprint density at radius 2 is 1.83 bits per heavy atom. The van der Waals surface area contributed by atoms with E-state index in [0.29, 0.717) is 12.3 Å². The largest absolute Gasteiger partial charge is 0.508 e. The Labute approximate surface area is 209 Å². The minimum atomic E-state index is -0.772. The van der Waals surface area contributed by atoms with Crippen LogP contribution in [0.1, 0.15) is 81.5 Å². The first-order chi connectivity index (χ1) is 16.6. The first kappa shape index (κ1) is 25.3. The molecular formula is C30H39NO4. The Hall–Kier alpha value is -2.82. The SMILES string of the molecule is COC(=O)[C@@H](Cc1ccc(O)cc1)NC(=O)[C@]1(C)CCC[C@]2(C)c3ccc(C(C)C)cc3CC[C@@H]12. The highest BCUT2D eigenvalue weighted by Crippen LogP contribution is 2.57. The van der Waals surface area contributed by atoms with Crippen molar-refractivity contribution in [1.82, 2.24) is 5.32 Å². The van der Waals surface area contributed by atoms with Crippen LogP contribution in [0.25, 0.3) is 0 Å². The lowest BCUT2D eigenvalue weighted by Crippen LogP contribution is -2.57. The molecule has 35 heavy (non-hydrogen) atoms. The molecule has 1 fully saturated rings. The molecule has 0 unspecified atom stereocenters. The number of carbonyl (C=O) groups excluding carboxylic acids is 2. The molecule has 0 aromatic heterocycles. The van der Waals surface area contributed by atoms with E-state index < -0.39 is 17.4 Å². The van der Waals surface area contributed by atoms with Crippen molar-refractivity contribution in [3.05, 3.63) is 64.7 Å². The Balaban J connectivity index is 1.60. The number of methoxy groups -OCH3 is 1. The monoisotopic (exact) mass is 477 g/mol. The van der Waals surface area contributed by atoms with E-state index >= 15 is 0 Å². The van der Waals surface area contributed by atoms with E-state index in [4.69, 9.17) is 4.74 Å². The van der Waals surface area contributed by atoms with E-state index in [1.807, 2.05) is 0 Å². The topological polar surface area (TPSA) is 75.6 Å². The second-order valence-electron chi connectivity index (χ2n) is 11.3. The first-order valence-corrected chi connectivity index (χ1v) is 12.9. The lowest BCUT2D eigenvalue weighted by Gasteiger charge is -2.54. The fourth-order valence-corrected chi connectivity index (χ4v) is 6.67. The third-order valence-corrected chi connectivity index (χ3v) is 8.73. The van der Waals surface area contributed by atoms with Gasteiger partial charge in [-0.25, -0.2) is 4.79 Å². The summed E-state index contributed by atoms with van der Waals surface area (Å²) >= 11 is 0. The summed E-state index contributed by atoms with van der Waals surface area (Å²) < 4.78 is 5.03. The zero-order chi connectivity index (χ0) is 25.4. The van der Waals surface area contributed by atoms with Crippen molar-refractivity contribution in [2.45, 2.75) is 83.6 Å². The quantitative estimate of drug-likeness (QED) is 0.544. The maximum Gasteiger partial charge on any atom is 0.328 e. The number of esters is 1. The standard InChI is InChI=1S/C30H39NO4/c1-19(2)21-9-13-24-22(18-21)10-14-26-29(24,3)15-6-16-30(26,4)28(34)31-25(27(33)35-5)17-20-7-11-23(32)12-8-20/h7-9,11-13,18-19,25-26,32H,6,10,14-17H2,1-5H3,(H,31,34)/t25-,26-,29-,30-/m1/s1. The van der Waals surface area contributed by atoms with Gasteiger partial charge in [0.15, 0.2) is 0 Å². The number of benzene rings is 2. The molecule has 0 saturated heterocycles. The van der Waals surface area contributed by atoms with Crippen molar-refractivity contribution in [2.75, 3.05) is 7.11 Å². The average molecular weight is 478 g/mol. The predicted molar refractivity (Wildman–Crippen MR) is 137 cm³/mol. The molecule has 188 valence electrons.